The number of hydrogen-bond donors (Lipinski definition) is 1. The normalized spacial score (nSPS) is 17.9. The van der Waals surface area contributed by atoms with Crippen molar-refractivity contribution in [2.75, 3.05) is 26.4 Å². The molecule has 116 valence electrons. The maximum absolute atomic E-state index is 11.9. The highest BCUT2D eigenvalue weighted by molar-refractivity contribution is 6.36. The monoisotopic (exact) mass is 331 g/mol. The van der Waals surface area contributed by atoms with E-state index in [4.69, 9.17) is 32.7 Å². The fraction of sp³-hybridized carbons (Fsp3) is 0.533. The van der Waals surface area contributed by atoms with Crippen LogP contribution < -0.4 is 5.32 Å². The zero-order valence-corrected chi connectivity index (χ0v) is 13.3. The summed E-state index contributed by atoms with van der Waals surface area (Å²) in [4.78, 5) is 11.9. The van der Waals surface area contributed by atoms with Crippen LogP contribution in [0.15, 0.2) is 18.2 Å². The fourth-order valence-electron chi connectivity index (χ4n) is 2.14. The summed E-state index contributed by atoms with van der Waals surface area (Å²) in [6, 6.07) is 4.82. The highest BCUT2D eigenvalue weighted by Gasteiger charge is 2.15. The molecule has 1 saturated heterocycles. The molecular formula is C15H19Cl2NO3. The second kappa shape index (κ2) is 8.59. The third-order valence-corrected chi connectivity index (χ3v) is 3.80. The van der Waals surface area contributed by atoms with Gasteiger partial charge in [0.15, 0.2) is 0 Å². The summed E-state index contributed by atoms with van der Waals surface area (Å²) >= 11 is 11.8. The number of halogens is 2. The molecule has 1 aliphatic heterocycles. The number of hydrogen-bond acceptors (Lipinski definition) is 3. The van der Waals surface area contributed by atoms with Gasteiger partial charge in [-0.3, -0.25) is 4.79 Å². The minimum Gasteiger partial charge on any atom is -0.379 e. The molecule has 0 aliphatic carbocycles. The lowest BCUT2D eigenvalue weighted by atomic mass is 10.2. The molecule has 21 heavy (non-hydrogen) atoms. The Bertz CT molecular complexity index is 476. The van der Waals surface area contributed by atoms with Gasteiger partial charge in [0, 0.05) is 24.8 Å². The smallest absolute Gasteiger partial charge is 0.252 e. The minimum atomic E-state index is -0.198. The van der Waals surface area contributed by atoms with Crippen molar-refractivity contribution in [3.05, 3.63) is 33.8 Å². The second-order valence-corrected chi connectivity index (χ2v) is 5.79. The van der Waals surface area contributed by atoms with Crippen LogP contribution in [0.4, 0.5) is 0 Å². The number of carbonyl (C=O) groups is 1. The van der Waals surface area contributed by atoms with Crippen LogP contribution in [-0.2, 0) is 9.47 Å². The molecule has 2 rings (SSSR count). The maximum Gasteiger partial charge on any atom is 0.252 e. The van der Waals surface area contributed by atoms with Crippen LogP contribution in [-0.4, -0.2) is 38.4 Å². The van der Waals surface area contributed by atoms with E-state index >= 15 is 0 Å². The molecule has 0 radical (unpaired) electrons. The molecule has 1 heterocycles. The van der Waals surface area contributed by atoms with Crippen molar-refractivity contribution in [1.82, 2.24) is 5.32 Å². The van der Waals surface area contributed by atoms with Gasteiger partial charge in [0.1, 0.15) is 0 Å². The molecule has 1 fully saturated rings. The topological polar surface area (TPSA) is 47.6 Å². The highest BCUT2D eigenvalue weighted by Crippen LogP contribution is 2.20. The fourth-order valence-corrected chi connectivity index (χ4v) is 2.63. The van der Waals surface area contributed by atoms with Gasteiger partial charge in [-0.1, -0.05) is 23.2 Å². The Balaban J connectivity index is 1.60. The van der Waals surface area contributed by atoms with E-state index in [1.54, 1.807) is 18.2 Å². The second-order valence-electron chi connectivity index (χ2n) is 4.94. The molecule has 1 aliphatic rings. The predicted molar refractivity (Wildman–Crippen MR) is 83.2 cm³/mol. The van der Waals surface area contributed by atoms with Crippen molar-refractivity contribution in [3.8, 4) is 0 Å². The summed E-state index contributed by atoms with van der Waals surface area (Å²) in [7, 11) is 0. The molecule has 1 aromatic rings. The highest BCUT2D eigenvalue weighted by atomic mass is 35.5. The molecule has 0 saturated carbocycles. The minimum absolute atomic E-state index is 0.198. The first kappa shape index (κ1) is 16.6. The lowest BCUT2D eigenvalue weighted by molar-refractivity contribution is 0.0166. The molecule has 1 unspecified atom stereocenters. The number of ether oxygens (including phenoxy) is 2. The molecule has 0 spiro atoms. The molecule has 6 heteroatoms. The van der Waals surface area contributed by atoms with Crippen LogP contribution in [0.2, 0.25) is 10.0 Å². The van der Waals surface area contributed by atoms with E-state index in [2.05, 4.69) is 5.32 Å². The third kappa shape index (κ3) is 5.47. The van der Waals surface area contributed by atoms with E-state index in [0.29, 0.717) is 35.4 Å². The molecule has 1 amide bonds. The Morgan fingerprint density at radius 1 is 1.43 bits per heavy atom. The lowest BCUT2D eigenvalue weighted by Gasteiger charge is -2.10. The standard InChI is InChI=1S/C15H19Cl2NO3/c16-11-4-5-13(14(17)9-11)15(19)18-6-2-7-20-10-12-3-1-8-21-12/h4-5,9,12H,1-3,6-8,10H2,(H,18,19). The Morgan fingerprint density at radius 2 is 2.29 bits per heavy atom. The first-order valence-corrected chi connectivity index (χ1v) is 7.85. The molecule has 0 aromatic heterocycles. The lowest BCUT2D eigenvalue weighted by Crippen LogP contribution is -2.26. The summed E-state index contributed by atoms with van der Waals surface area (Å²) in [5.74, 6) is -0.198. The number of benzene rings is 1. The quantitative estimate of drug-likeness (QED) is 0.780. The van der Waals surface area contributed by atoms with E-state index in [1.165, 1.54) is 0 Å². The first-order chi connectivity index (χ1) is 10.2. The Morgan fingerprint density at radius 3 is 3.00 bits per heavy atom. The summed E-state index contributed by atoms with van der Waals surface area (Å²) in [5.41, 5.74) is 0.432. The first-order valence-electron chi connectivity index (χ1n) is 7.09. The zero-order valence-electron chi connectivity index (χ0n) is 11.7. The van der Waals surface area contributed by atoms with E-state index in [1.807, 2.05) is 0 Å². The van der Waals surface area contributed by atoms with Gasteiger partial charge in [-0.25, -0.2) is 0 Å². The summed E-state index contributed by atoms with van der Waals surface area (Å²) in [5, 5.41) is 3.68. The Labute approximate surface area is 134 Å². The van der Waals surface area contributed by atoms with Crippen molar-refractivity contribution >= 4 is 29.1 Å². The largest absolute Gasteiger partial charge is 0.379 e. The maximum atomic E-state index is 11.9. The van der Waals surface area contributed by atoms with Crippen molar-refractivity contribution in [2.45, 2.75) is 25.4 Å². The van der Waals surface area contributed by atoms with Crippen LogP contribution in [0.5, 0.6) is 0 Å². The van der Waals surface area contributed by atoms with E-state index < -0.39 is 0 Å². The third-order valence-electron chi connectivity index (χ3n) is 3.25. The van der Waals surface area contributed by atoms with Gasteiger partial charge in [0.05, 0.1) is 23.3 Å². The molecule has 1 atom stereocenters. The molecule has 1 N–H and O–H groups in total. The van der Waals surface area contributed by atoms with Crippen molar-refractivity contribution < 1.29 is 14.3 Å². The zero-order chi connectivity index (χ0) is 15.1. The van der Waals surface area contributed by atoms with E-state index in [0.717, 1.165) is 25.9 Å². The van der Waals surface area contributed by atoms with Gasteiger partial charge >= 0.3 is 0 Å². The van der Waals surface area contributed by atoms with Crippen LogP contribution in [0.1, 0.15) is 29.6 Å². The van der Waals surface area contributed by atoms with E-state index in [9.17, 15) is 4.79 Å². The van der Waals surface area contributed by atoms with Gasteiger partial charge < -0.3 is 14.8 Å². The van der Waals surface area contributed by atoms with Crippen molar-refractivity contribution in [2.24, 2.45) is 0 Å². The van der Waals surface area contributed by atoms with Gasteiger partial charge in [0.2, 0.25) is 0 Å². The number of amides is 1. The molecule has 0 bridgehead atoms. The molecule has 1 aromatic carbocycles. The summed E-state index contributed by atoms with van der Waals surface area (Å²) in [6.07, 6.45) is 3.19. The molecular weight excluding hydrogens is 313 g/mol. The number of carbonyl (C=O) groups excluding carboxylic acids is 1. The van der Waals surface area contributed by atoms with Gasteiger partial charge in [-0.2, -0.15) is 0 Å². The summed E-state index contributed by atoms with van der Waals surface area (Å²) in [6.45, 7) is 2.63. The molecule has 4 nitrogen and oxygen atoms in total. The SMILES string of the molecule is O=C(NCCCOCC1CCCO1)c1ccc(Cl)cc1Cl. The van der Waals surface area contributed by atoms with Gasteiger partial charge in [0.25, 0.3) is 5.91 Å². The van der Waals surface area contributed by atoms with Crippen LogP contribution in [0, 0.1) is 0 Å². The van der Waals surface area contributed by atoms with E-state index in [-0.39, 0.29) is 12.0 Å². The number of rotatable bonds is 7. The van der Waals surface area contributed by atoms with Crippen LogP contribution in [0.25, 0.3) is 0 Å². The van der Waals surface area contributed by atoms with Crippen molar-refractivity contribution in [1.29, 1.82) is 0 Å². The van der Waals surface area contributed by atoms with Crippen molar-refractivity contribution in [3.63, 3.8) is 0 Å². The average molecular weight is 332 g/mol. The Hall–Kier alpha value is -0.810. The van der Waals surface area contributed by atoms with Gasteiger partial charge in [-0.15, -0.1) is 0 Å². The van der Waals surface area contributed by atoms with Crippen LogP contribution in [0.3, 0.4) is 0 Å². The Kier molecular flexibility index (Phi) is 6.77. The average Bonchev–Trinajstić information content (AvgIpc) is 2.95. The van der Waals surface area contributed by atoms with Gasteiger partial charge in [-0.05, 0) is 37.5 Å². The summed E-state index contributed by atoms with van der Waals surface area (Å²) < 4.78 is 11.0. The van der Waals surface area contributed by atoms with Crippen LogP contribution >= 0.6 is 23.2 Å². The number of nitrogens with one attached hydrogen (secondary N) is 1. The predicted octanol–water partition coefficient (Wildman–Crippen LogP) is 3.31.